The molecule has 0 saturated carbocycles. The first-order valence-electron chi connectivity index (χ1n) is 7.94. The Labute approximate surface area is 145 Å². The highest BCUT2D eigenvalue weighted by atomic mass is 32.1. The van der Waals surface area contributed by atoms with Crippen LogP contribution in [-0.2, 0) is 16.1 Å². The molecule has 3 rings (SSSR count). The molecule has 124 valence electrons. The van der Waals surface area contributed by atoms with Crippen molar-refractivity contribution in [2.45, 2.75) is 27.3 Å². The number of nitrogens with zero attached hydrogens (tertiary/aromatic N) is 2. The molecule has 0 fully saturated rings. The molecule has 0 amide bonds. The van der Waals surface area contributed by atoms with Crippen molar-refractivity contribution in [1.29, 1.82) is 0 Å². The number of aryl methyl sites for hydroxylation is 2. The van der Waals surface area contributed by atoms with Gasteiger partial charge in [0, 0.05) is 4.88 Å². The summed E-state index contributed by atoms with van der Waals surface area (Å²) >= 11 is 1.70. The summed E-state index contributed by atoms with van der Waals surface area (Å²) in [7, 11) is 0. The normalized spacial score (nSPS) is 10.8. The van der Waals surface area contributed by atoms with Crippen molar-refractivity contribution in [3.63, 3.8) is 0 Å². The molecule has 0 spiro atoms. The van der Waals surface area contributed by atoms with Crippen LogP contribution >= 0.6 is 11.3 Å². The van der Waals surface area contributed by atoms with E-state index in [1.54, 1.807) is 22.9 Å². The summed E-state index contributed by atoms with van der Waals surface area (Å²) in [5.41, 5.74) is 4.29. The smallest absolute Gasteiger partial charge is 0.327 e. The molecule has 0 radical (unpaired) electrons. The van der Waals surface area contributed by atoms with Crippen LogP contribution < -0.4 is 0 Å². The van der Waals surface area contributed by atoms with Gasteiger partial charge in [-0.25, -0.2) is 0 Å². The van der Waals surface area contributed by atoms with Gasteiger partial charge in [0.2, 0.25) is 0 Å². The Bertz CT molecular complexity index is 864. The summed E-state index contributed by atoms with van der Waals surface area (Å²) < 4.78 is 6.76. The lowest BCUT2D eigenvalue weighted by Gasteiger charge is -2.05. The lowest BCUT2D eigenvalue weighted by Crippen LogP contribution is -2.15. The van der Waals surface area contributed by atoms with Gasteiger partial charge in [0.1, 0.15) is 6.54 Å². The highest BCUT2D eigenvalue weighted by Gasteiger charge is 2.14. The lowest BCUT2D eigenvalue weighted by molar-refractivity contribution is -0.144. The molecular weight excluding hydrogens is 320 g/mol. The van der Waals surface area contributed by atoms with Crippen molar-refractivity contribution in [2.75, 3.05) is 6.61 Å². The van der Waals surface area contributed by atoms with Gasteiger partial charge < -0.3 is 4.74 Å². The number of hydrogen-bond acceptors (Lipinski definition) is 4. The summed E-state index contributed by atoms with van der Waals surface area (Å²) in [6, 6.07) is 14.7. The fraction of sp³-hybridized carbons (Fsp3) is 0.263. The van der Waals surface area contributed by atoms with E-state index in [0.29, 0.717) is 6.61 Å². The Kier molecular flexibility index (Phi) is 4.81. The number of rotatable bonds is 5. The van der Waals surface area contributed by atoms with E-state index in [2.05, 4.69) is 48.4 Å². The molecule has 5 heteroatoms. The minimum absolute atomic E-state index is 0.134. The maximum absolute atomic E-state index is 11.8. The number of carbonyl (C=O) groups is 1. The third-order valence-electron chi connectivity index (χ3n) is 3.65. The molecule has 4 nitrogen and oxygen atoms in total. The van der Waals surface area contributed by atoms with Crippen LogP contribution in [0.1, 0.15) is 18.2 Å². The van der Waals surface area contributed by atoms with Crippen LogP contribution in [0.15, 0.2) is 42.5 Å². The number of carbonyl (C=O) groups excluding carboxylic acids is 1. The zero-order valence-electron chi connectivity index (χ0n) is 14.1. The largest absolute Gasteiger partial charge is 0.465 e. The number of hydrogen-bond donors (Lipinski definition) is 0. The highest BCUT2D eigenvalue weighted by Crippen LogP contribution is 2.35. The first kappa shape index (κ1) is 16.5. The molecule has 0 atom stereocenters. The molecule has 1 aromatic carbocycles. The Balaban J connectivity index is 1.91. The number of ether oxygens (including phenoxy) is 1. The van der Waals surface area contributed by atoms with Gasteiger partial charge in [-0.1, -0.05) is 29.8 Å². The van der Waals surface area contributed by atoms with E-state index in [1.807, 2.05) is 13.0 Å². The fourth-order valence-corrected chi connectivity index (χ4v) is 3.65. The minimum atomic E-state index is -0.266. The van der Waals surface area contributed by atoms with E-state index < -0.39 is 0 Å². The minimum Gasteiger partial charge on any atom is -0.465 e. The molecule has 0 saturated heterocycles. The SMILES string of the molecule is CCOC(=O)Cn1nc(C)cc1-c1ccc(-c2cccc(C)c2)s1. The van der Waals surface area contributed by atoms with Crippen molar-refractivity contribution < 1.29 is 9.53 Å². The van der Waals surface area contributed by atoms with Crippen LogP contribution in [-0.4, -0.2) is 22.4 Å². The van der Waals surface area contributed by atoms with Crippen LogP contribution in [0.5, 0.6) is 0 Å². The molecule has 0 unspecified atom stereocenters. The zero-order valence-corrected chi connectivity index (χ0v) is 14.9. The second-order valence-corrected chi connectivity index (χ2v) is 6.75. The van der Waals surface area contributed by atoms with Crippen molar-refractivity contribution in [1.82, 2.24) is 9.78 Å². The molecular formula is C19H20N2O2S. The van der Waals surface area contributed by atoms with E-state index in [9.17, 15) is 4.79 Å². The summed E-state index contributed by atoms with van der Waals surface area (Å²) in [5.74, 6) is -0.266. The predicted molar refractivity (Wildman–Crippen MR) is 97.1 cm³/mol. The molecule has 3 aromatic rings. The second-order valence-electron chi connectivity index (χ2n) is 5.67. The van der Waals surface area contributed by atoms with Crippen LogP contribution in [0.2, 0.25) is 0 Å². The van der Waals surface area contributed by atoms with Gasteiger partial charge in [0.15, 0.2) is 0 Å². The molecule has 24 heavy (non-hydrogen) atoms. The second kappa shape index (κ2) is 7.01. The summed E-state index contributed by atoms with van der Waals surface area (Å²) in [5, 5.41) is 4.43. The third kappa shape index (κ3) is 3.57. The molecule has 2 aromatic heterocycles. The van der Waals surface area contributed by atoms with Crippen LogP contribution in [0, 0.1) is 13.8 Å². The average Bonchev–Trinajstić information content (AvgIpc) is 3.14. The number of aromatic nitrogens is 2. The summed E-state index contributed by atoms with van der Waals surface area (Å²) in [6.45, 7) is 6.34. The van der Waals surface area contributed by atoms with E-state index in [-0.39, 0.29) is 12.5 Å². The quantitative estimate of drug-likeness (QED) is 0.644. The number of thiophene rings is 1. The summed E-state index contributed by atoms with van der Waals surface area (Å²) in [6.07, 6.45) is 0. The van der Waals surface area contributed by atoms with Gasteiger partial charge in [0.25, 0.3) is 0 Å². The Morgan fingerprint density at radius 3 is 2.71 bits per heavy atom. The van der Waals surface area contributed by atoms with Gasteiger partial charge in [0.05, 0.1) is 22.9 Å². The van der Waals surface area contributed by atoms with Crippen molar-refractivity contribution >= 4 is 17.3 Å². The average molecular weight is 340 g/mol. The van der Waals surface area contributed by atoms with Crippen molar-refractivity contribution in [3.05, 3.63) is 53.7 Å². The van der Waals surface area contributed by atoms with Crippen LogP contribution in [0.4, 0.5) is 0 Å². The van der Waals surface area contributed by atoms with E-state index in [0.717, 1.165) is 16.3 Å². The van der Waals surface area contributed by atoms with Gasteiger partial charge in [-0.15, -0.1) is 11.3 Å². The Hall–Kier alpha value is -2.40. The molecule has 0 aliphatic rings. The third-order valence-corrected chi connectivity index (χ3v) is 4.80. The standard InChI is InChI=1S/C19H20N2O2S/c1-4-23-19(22)12-21-16(11-14(3)20-21)18-9-8-17(24-18)15-7-5-6-13(2)10-15/h5-11H,4,12H2,1-3H3. The first-order valence-corrected chi connectivity index (χ1v) is 8.76. The van der Waals surface area contributed by atoms with E-state index in [4.69, 9.17) is 4.74 Å². The van der Waals surface area contributed by atoms with Gasteiger partial charge in [-0.2, -0.15) is 5.10 Å². The molecule has 0 N–H and O–H groups in total. The summed E-state index contributed by atoms with van der Waals surface area (Å²) in [4.78, 5) is 14.1. The first-order chi connectivity index (χ1) is 11.6. The number of benzene rings is 1. The van der Waals surface area contributed by atoms with Gasteiger partial charge in [-0.3, -0.25) is 9.48 Å². The highest BCUT2D eigenvalue weighted by molar-refractivity contribution is 7.18. The Morgan fingerprint density at radius 1 is 1.17 bits per heavy atom. The monoisotopic (exact) mass is 340 g/mol. The van der Waals surface area contributed by atoms with E-state index in [1.165, 1.54) is 16.0 Å². The molecule has 0 bridgehead atoms. The maximum Gasteiger partial charge on any atom is 0.327 e. The van der Waals surface area contributed by atoms with Gasteiger partial charge >= 0.3 is 5.97 Å². The molecule has 0 aliphatic carbocycles. The molecule has 2 heterocycles. The lowest BCUT2D eigenvalue weighted by atomic mass is 10.1. The Morgan fingerprint density at radius 2 is 1.96 bits per heavy atom. The topological polar surface area (TPSA) is 44.1 Å². The van der Waals surface area contributed by atoms with Crippen molar-refractivity contribution in [3.8, 4) is 21.0 Å². The molecule has 0 aliphatic heterocycles. The van der Waals surface area contributed by atoms with Crippen LogP contribution in [0.25, 0.3) is 21.0 Å². The fourth-order valence-electron chi connectivity index (χ4n) is 2.62. The van der Waals surface area contributed by atoms with Crippen LogP contribution in [0.3, 0.4) is 0 Å². The van der Waals surface area contributed by atoms with Crippen molar-refractivity contribution in [2.24, 2.45) is 0 Å². The zero-order chi connectivity index (χ0) is 17.1. The number of esters is 1. The van der Waals surface area contributed by atoms with Gasteiger partial charge in [-0.05, 0) is 44.5 Å². The predicted octanol–water partition coefficient (Wildman–Crippen LogP) is 4.46. The van der Waals surface area contributed by atoms with E-state index >= 15 is 0 Å². The maximum atomic E-state index is 11.8.